The summed E-state index contributed by atoms with van der Waals surface area (Å²) in [5.74, 6) is 0.220. The quantitative estimate of drug-likeness (QED) is 0.717. The number of aromatic nitrogens is 1. The molecule has 0 radical (unpaired) electrons. The fraction of sp³-hybridized carbons (Fsp3) is 0.273. The van der Waals surface area contributed by atoms with E-state index in [0.717, 1.165) is 34.9 Å². The maximum absolute atomic E-state index is 13.2. The molecule has 3 nitrogen and oxygen atoms in total. The number of carbonyl (C=O) groups excluding carboxylic acids is 1. The van der Waals surface area contributed by atoms with E-state index in [9.17, 15) is 4.79 Å². The molecule has 0 bridgehead atoms. The Morgan fingerprint density at radius 2 is 1.84 bits per heavy atom. The fourth-order valence-corrected chi connectivity index (χ4v) is 3.62. The molecule has 0 saturated heterocycles. The van der Waals surface area contributed by atoms with E-state index in [2.05, 4.69) is 48.3 Å². The largest absolute Gasteiger partial charge is 0.341 e. The molecule has 4 rings (SSSR count). The first-order chi connectivity index (χ1) is 12.1. The molecule has 1 heterocycles. The summed E-state index contributed by atoms with van der Waals surface area (Å²) in [5.41, 5.74) is 4.17. The van der Waals surface area contributed by atoms with E-state index in [-0.39, 0.29) is 11.3 Å². The number of hydrogen-bond donors (Lipinski definition) is 0. The van der Waals surface area contributed by atoms with Gasteiger partial charge in [-0.3, -0.25) is 9.78 Å². The average molecular weight is 330 g/mol. The first-order valence-corrected chi connectivity index (χ1v) is 8.75. The molecule has 3 aromatic rings. The van der Waals surface area contributed by atoms with E-state index >= 15 is 0 Å². The summed E-state index contributed by atoms with van der Waals surface area (Å²) in [6, 6.07) is 18.5. The van der Waals surface area contributed by atoms with Crippen molar-refractivity contribution in [3.63, 3.8) is 0 Å². The Morgan fingerprint density at radius 1 is 1.08 bits per heavy atom. The third-order valence-corrected chi connectivity index (χ3v) is 5.25. The summed E-state index contributed by atoms with van der Waals surface area (Å²) in [4.78, 5) is 19.4. The number of carbonyl (C=O) groups is 1. The number of hydrogen-bond acceptors (Lipinski definition) is 2. The molecule has 1 saturated carbocycles. The minimum atomic E-state index is -0.314. The first kappa shape index (κ1) is 15.8. The minimum Gasteiger partial charge on any atom is -0.341 e. The summed E-state index contributed by atoms with van der Waals surface area (Å²) >= 11 is 0. The zero-order chi connectivity index (χ0) is 17.4. The standard InChI is InChI=1S/C22H22N2O/c1-16-8-10-18(11-9-16)22(12-13-22)21(25)24(2)15-17-5-3-7-20-19(17)6-4-14-23-20/h3-11,14H,12-13,15H2,1-2H3. The molecule has 1 aromatic heterocycles. The lowest BCUT2D eigenvalue weighted by atomic mass is 9.93. The van der Waals surface area contributed by atoms with Crippen molar-refractivity contribution in [3.8, 4) is 0 Å². The Morgan fingerprint density at radius 3 is 2.56 bits per heavy atom. The van der Waals surface area contributed by atoms with Gasteiger partial charge >= 0.3 is 0 Å². The number of amides is 1. The molecule has 0 spiro atoms. The van der Waals surface area contributed by atoms with Crippen LogP contribution in [0.15, 0.2) is 60.8 Å². The molecular weight excluding hydrogens is 308 g/mol. The van der Waals surface area contributed by atoms with Gasteiger partial charge in [-0.1, -0.05) is 48.0 Å². The molecule has 2 aromatic carbocycles. The smallest absolute Gasteiger partial charge is 0.233 e. The lowest BCUT2D eigenvalue weighted by Crippen LogP contribution is -2.36. The fourth-order valence-electron chi connectivity index (χ4n) is 3.62. The third kappa shape index (κ3) is 2.80. The molecular formula is C22H22N2O. The second kappa shape index (κ2) is 5.99. The highest BCUT2D eigenvalue weighted by molar-refractivity contribution is 5.91. The maximum atomic E-state index is 13.2. The molecule has 3 heteroatoms. The van der Waals surface area contributed by atoms with Crippen LogP contribution in [0.5, 0.6) is 0 Å². The summed E-state index contributed by atoms with van der Waals surface area (Å²) in [6.07, 6.45) is 3.68. The monoisotopic (exact) mass is 330 g/mol. The summed E-state index contributed by atoms with van der Waals surface area (Å²) < 4.78 is 0. The topological polar surface area (TPSA) is 33.2 Å². The lowest BCUT2D eigenvalue weighted by Gasteiger charge is -2.24. The molecule has 0 aliphatic heterocycles. The molecule has 126 valence electrons. The molecule has 0 unspecified atom stereocenters. The third-order valence-electron chi connectivity index (χ3n) is 5.25. The van der Waals surface area contributed by atoms with E-state index in [0.29, 0.717) is 6.54 Å². The first-order valence-electron chi connectivity index (χ1n) is 8.75. The molecule has 1 aliphatic rings. The van der Waals surface area contributed by atoms with Crippen LogP contribution in [0.25, 0.3) is 10.9 Å². The SMILES string of the molecule is Cc1ccc(C2(C(=O)N(C)Cc3cccc4ncccc34)CC2)cc1. The Labute approximate surface area is 148 Å². The molecule has 1 fully saturated rings. The van der Waals surface area contributed by atoms with Gasteiger partial charge in [-0.2, -0.15) is 0 Å². The van der Waals surface area contributed by atoms with Crippen LogP contribution < -0.4 is 0 Å². The highest BCUT2D eigenvalue weighted by atomic mass is 16.2. The second-order valence-corrected chi connectivity index (χ2v) is 7.10. The van der Waals surface area contributed by atoms with Crippen LogP contribution in [0, 0.1) is 6.92 Å². The van der Waals surface area contributed by atoms with E-state index in [1.165, 1.54) is 5.56 Å². The van der Waals surface area contributed by atoms with Gasteiger partial charge in [0, 0.05) is 25.2 Å². The van der Waals surface area contributed by atoms with Gasteiger partial charge < -0.3 is 4.90 Å². The van der Waals surface area contributed by atoms with Crippen molar-refractivity contribution < 1.29 is 4.79 Å². The lowest BCUT2D eigenvalue weighted by molar-refractivity contribution is -0.133. The second-order valence-electron chi connectivity index (χ2n) is 7.10. The van der Waals surface area contributed by atoms with Gasteiger partial charge in [0.05, 0.1) is 10.9 Å². The number of aryl methyl sites for hydroxylation is 1. The van der Waals surface area contributed by atoms with Gasteiger partial charge in [-0.15, -0.1) is 0 Å². The zero-order valence-corrected chi connectivity index (χ0v) is 14.7. The van der Waals surface area contributed by atoms with Crippen LogP contribution >= 0.6 is 0 Å². The molecule has 0 N–H and O–H groups in total. The Bertz CT molecular complexity index is 921. The van der Waals surface area contributed by atoms with E-state index < -0.39 is 0 Å². The van der Waals surface area contributed by atoms with Crippen molar-refractivity contribution in [1.82, 2.24) is 9.88 Å². The molecule has 1 amide bonds. The molecule has 1 aliphatic carbocycles. The Balaban J connectivity index is 1.59. The Kier molecular flexibility index (Phi) is 3.79. The van der Waals surface area contributed by atoms with Crippen molar-refractivity contribution in [2.75, 3.05) is 7.05 Å². The summed E-state index contributed by atoms with van der Waals surface area (Å²) in [7, 11) is 1.91. The Hall–Kier alpha value is -2.68. The number of benzene rings is 2. The summed E-state index contributed by atoms with van der Waals surface area (Å²) in [6.45, 7) is 2.68. The summed E-state index contributed by atoms with van der Waals surface area (Å²) in [5, 5.41) is 1.12. The van der Waals surface area contributed by atoms with Crippen LogP contribution in [-0.4, -0.2) is 22.8 Å². The zero-order valence-electron chi connectivity index (χ0n) is 14.7. The van der Waals surface area contributed by atoms with Crippen molar-refractivity contribution in [3.05, 3.63) is 77.5 Å². The van der Waals surface area contributed by atoms with Crippen LogP contribution in [0.1, 0.15) is 29.5 Å². The number of nitrogens with zero attached hydrogens (tertiary/aromatic N) is 2. The van der Waals surface area contributed by atoms with Gasteiger partial charge in [0.2, 0.25) is 5.91 Å². The van der Waals surface area contributed by atoms with Crippen LogP contribution in [-0.2, 0) is 16.8 Å². The van der Waals surface area contributed by atoms with Crippen LogP contribution in [0.2, 0.25) is 0 Å². The van der Waals surface area contributed by atoms with Gasteiger partial charge in [-0.05, 0) is 43.0 Å². The van der Waals surface area contributed by atoms with Crippen molar-refractivity contribution >= 4 is 16.8 Å². The van der Waals surface area contributed by atoms with Gasteiger partial charge in [0.15, 0.2) is 0 Å². The number of fused-ring (bicyclic) bond motifs is 1. The van der Waals surface area contributed by atoms with Crippen LogP contribution in [0.4, 0.5) is 0 Å². The van der Waals surface area contributed by atoms with E-state index in [1.807, 2.05) is 30.1 Å². The predicted octanol–water partition coefficient (Wildman–Crippen LogP) is 4.23. The highest BCUT2D eigenvalue weighted by Gasteiger charge is 2.52. The van der Waals surface area contributed by atoms with E-state index in [4.69, 9.17) is 0 Å². The number of likely N-dealkylation sites (N-methyl/N-ethyl adjacent to an activating group) is 1. The van der Waals surface area contributed by atoms with Gasteiger partial charge in [0.1, 0.15) is 0 Å². The highest BCUT2D eigenvalue weighted by Crippen LogP contribution is 2.49. The van der Waals surface area contributed by atoms with Crippen molar-refractivity contribution in [2.24, 2.45) is 0 Å². The van der Waals surface area contributed by atoms with E-state index in [1.54, 1.807) is 6.20 Å². The normalized spacial score (nSPS) is 15.1. The van der Waals surface area contributed by atoms with Gasteiger partial charge in [-0.25, -0.2) is 0 Å². The predicted molar refractivity (Wildman–Crippen MR) is 100 cm³/mol. The number of rotatable bonds is 4. The van der Waals surface area contributed by atoms with Gasteiger partial charge in [0.25, 0.3) is 0 Å². The van der Waals surface area contributed by atoms with Crippen LogP contribution in [0.3, 0.4) is 0 Å². The van der Waals surface area contributed by atoms with Crippen molar-refractivity contribution in [1.29, 1.82) is 0 Å². The maximum Gasteiger partial charge on any atom is 0.233 e. The average Bonchev–Trinajstić information content (AvgIpc) is 3.44. The van der Waals surface area contributed by atoms with Crippen molar-refractivity contribution in [2.45, 2.75) is 31.7 Å². The minimum absolute atomic E-state index is 0.220. The molecule has 0 atom stereocenters. The number of pyridine rings is 1. The molecule has 25 heavy (non-hydrogen) atoms.